The molecule has 0 N–H and O–H groups in total. The lowest BCUT2D eigenvalue weighted by Gasteiger charge is -2.19. The lowest BCUT2D eigenvalue weighted by Crippen LogP contribution is -1.91. The van der Waals surface area contributed by atoms with Gasteiger partial charge in [-0.05, 0) is 118 Å². The predicted molar refractivity (Wildman–Crippen MR) is 245 cm³/mol. The van der Waals surface area contributed by atoms with Gasteiger partial charge in [-0.3, -0.25) is 0 Å². The lowest BCUT2D eigenvalue weighted by atomic mass is 9.84. The van der Waals surface area contributed by atoms with Crippen LogP contribution in [0.25, 0.3) is 131 Å². The summed E-state index contributed by atoms with van der Waals surface area (Å²) >= 11 is 0. The van der Waals surface area contributed by atoms with E-state index in [9.17, 15) is 0 Å². The first-order valence-electron chi connectivity index (χ1n) is 19.9. The predicted octanol–water partition coefficient (Wildman–Crippen LogP) is 16.3. The van der Waals surface area contributed by atoms with Crippen LogP contribution in [0.1, 0.15) is 0 Å². The minimum atomic E-state index is 0.787. The molecule has 2 heterocycles. The minimum absolute atomic E-state index is 0.787. The summed E-state index contributed by atoms with van der Waals surface area (Å²) in [6.07, 6.45) is 0. The van der Waals surface area contributed by atoms with Gasteiger partial charge in [0, 0.05) is 21.5 Å². The molecule has 11 aromatic carbocycles. The third-order valence-corrected chi connectivity index (χ3v) is 12.4. The number of fused-ring (bicyclic) bond motifs is 13. The Kier molecular flexibility index (Phi) is 6.47. The van der Waals surface area contributed by atoms with Gasteiger partial charge >= 0.3 is 0 Å². The third kappa shape index (κ3) is 4.43. The van der Waals surface area contributed by atoms with Gasteiger partial charge in [-0.15, -0.1) is 0 Å². The number of para-hydroxylation sites is 1. The van der Waals surface area contributed by atoms with Crippen LogP contribution in [-0.2, 0) is 0 Å². The van der Waals surface area contributed by atoms with Crippen LogP contribution >= 0.6 is 0 Å². The van der Waals surface area contributed by atoms with Gasteiger partial charge in [-0.1, -0.05) is 164 Å². The second-order valence-electron chi connectivity index (χ2n) is 15.5. The highest BCUT2D eigenvalue weighted by Crippen LogP contribution is 2.48. The molecule has 0 saturated carbocycles. The fourth-order valence-corrected chi connectivity index (χ4v) is 9.86. The summed E-state index contributed by atoms with van der Waals surface area (Å²) in [6, 6.07) is 70.5. The number of rotatable bonds is 3. The summed E-state index contributed by atoms with van der Waals surface area (Å²) in [6.45, 7) is 0. The molecular formula is C56H32O2. The van der Waals surface area contributed by atoms with Crippen LogP contribution in [0.2, 0.25) is 0 Å². The van der Waals surface area contributed by atoms with E-state index in [1.54, 1.807) is 0 Å². The van der Waals surface area contributed by atoms with E-state index < -0.39 is 0 Å². The van der Waals surface area contributed by atoms with Crippen molar-refractivity contribution in [2.45, 2.75) is 0 Å². The van der Waals surface area contributed by atoms with E-state index in [4.69, 9.17) is 8.83 Å². The van der Waals surface area contributed by atoms with Crippen LogP contribution < -0.4 is 0 Å². The first-order valence-corrected chi connectivity index (χ1v) is 19.9. The molecule has 0 fully saturated rings. The molecule has 13 rings (SSSR count). The highest BCUT2D eigenvalue weighted by Gasteiger charge is 2.22. The Morgan fingerprint density at radius 1 is 0.259 bits per heavy atom. The summed E-state index contributed by atoms with van der Waals surface area (Å²) < 4.78 is 13.3. The van der Waals surface area contributed by atoms with E-state index in [1.807, 2.05) is 12.1 Å². The van der Waals surface area contributed by atoms with Crippen LogP contribution in [0, 0.1) is 0 Å². The largest absolute Gasteiger partial charge is 0.452 e. The average molecular weight is 737 g/mol. The highest BCUT2D eigenvalue weighted by atomic mass is 16.4. The van der Waals surface area contributed by atoms with Crippen molar-refractivity contribution in [3.8, 4) is 33.4 Å². The minimum Gasteiger partial charge on any atom is -0.452 e. The Morgan fingerprint density at radius 2 is 0.793 bits per heavy atom. The molecule has 0 aliphatic heterocycles. The maximum Gasteiger partial charge on any atom is 0.179 e. The molecule has 58 heavy (non-hydrogen) atoms. The highest BCUT2D eigenvalue weighted by molar-refractivity contribution is 6.28. The van der Waals surface area contributed by atoms with E-state index in [2.05, 4.69) is 182 Å². The summed E-state index contributed by atoms with van der Waals surface area (Å²) in [4.78, 5) is 0. The lowest BCUT2D eigenvalue weighted by molar-refractivity contribution is 0.633. The van der Waals surface area contributed by atoms with Crippen LogP contribution in [-0.4, -0.2) is 0 Å². The van der Waals surface area contributed by atoms with E-state index in [0.29, 0.717) is 0 Å². The second-order valence-corrected chi connectivity index (χ2v) is 15.5. The summed E-state index contributed by atoms with van der Waals surface area (Å²) in [5.41, 5.74) is 10.6. The zero-order chi connectivity index (χ0) is 37.9. The Bertz CT molecular complexity index is 3800. The Hall–Kier alpha value is -7.68. The molecule has 0 saturated heterocycles. The molecule has 0 amide bonds. The van der Waals surface area contributed by atoms with Gasteiger partial charge in [0.1, 0.15) is 11.2 Å². The molecule has 0 atom stereocenters. The van der Waals surface area contributed by atoms with Gasteiger partial charge in [0.25, 0.3) is 0 Å². The van der Waals surface area contributed by atoms with Crippen molar-refractivity contribution in [1.82, 2.24) is 0 Å². The zero-order valence-electron chi connectivity index (χ0n) is 31.3. The van der Waals surface area contributed by atoms with Crippen LogP contribution in [0.3, 0.4) is 0 Å². The van der Waals surface area contributed by atoms with Crippen molar-refractivity contribution in [3.63, 3.8) is 0 Å². The van der Waals surface area contributed by atoms with Crippen molar-refractivity contribution < 1.29 is 8.83 Å². The van der Waals surface area contributed by atoms with Crippen molar-refractivity contribution >= 4 is 97.7 Å². The molecule has 0 spiro atoms. The smallest absolute Gasteiger partial charge is 0.179 e. The van der Waals surface area contributed by atoms with Crippen molar-refractivity contribution in [2.24, 2.45) is 0 Å². The van der Waals surface area contributed by atoms with E-state index in [1.165, 1.54) is 76.1 Å². The second kappa shape index (κ2) is 11.9. The SMILES string of the molecule is c1ccc2c(-c3c4ccccc4c(-c4ccc5cc(-c6cc7c(oc8ccc9ccccc9c87)c7oc8ccccc8c67)ccc5c4)c4ccccc34)cccc2c1. The molecule has 2 heteroatoms. The van der Waals surface area contributed by atoms with E-state index in [-0.39, 0.29) is 0 Å². The number of hydrogen-bond acceptors (Lipinski definition) is 2. The van der Waals surface area contributed by atoms with Crippen LogP contribution in [0.15, 0.2) is 203 Å². The Labute approximate surface area is 332 Å². The summed E-state index contributed by atoms with van der Waals surface area (Å²) in [5, 5.41) is 16.6. The van der Waals surface area contributed by atoms with Gasteiger partial charge < -0.3 is 8.83 Å². The van der Waals surface area contributed by atoms with Gasteiger partial charge in [-0.25, -0.2) is 0 Å². The third-order valence-electron chi connectivity index (χ3n) is 12.4. The number of furan rings is 2. The van der Waals surface area contributed by atoms with Gasteiger partial charge in [0.2, 0.25) is 0 Å². The monoisotopic (exact) mass is 736 g/mol. The first kappa shape index (κ1) is 31.5. The van der Waals surface area contributed by atoms with Gasteiger partial charge in [0.05, 0.1) is 0 Å². The molecule has 0 radical (unpaired) electrons. The average Bonchev–Trinajstić information content (AvgIpc) is 3.87. The van der Waals surface area contributed by atoms with Crippen molar-refractivity contribution in [3.05, 3.63) is 194 Å². The molecule has 0 bridgehead atoms. The Morgan fingerprint density at radius 3 is 1.53 bits per heavy atom. The van der Waals surface area contributed by atoms with Gasteiger partial charge in [-0.2, -0.15) is 0 Å². The number of hydrogen-bond donors (Lipinski definition) is 0. The van der Waals surface area contributed by atoms with E-state index in [0.717, 1.165) is 55.0 Å². The quantitative estimate of drug-likeness (QED) is 0.169. The molecule has 2 nitrogen and oxygen atoms in total. The number of benzene rings is 11. The normalized spacial score (nSPS) is 12.1. The molecule has 0 aliphatic carbocycles. The fraction of sp³-hybridized carbons (Fsp3) is 0. The molecular weight excluding hydrogens is 705 g/mol. The zero-order valence-corrected chi connectivity index (χ0v) is 31.3. The fourth-order valence-electron chi connectivity index (χ4n) is 9.86. The molecule has 0 aliphatic rings. The molecule has 268 valence electrons. The van der Waals surface area contributed by atoms with E-state index >= 15 is 0 Å². The Balaban J connectivity index is 1.03. The maximum absolute atomic E-state index is 6.66. The standard InChI is InChI=1S/C56H32O2/c1-3-15-39-33(12-1)14-11-22-41(39)52-44-19-7-5-17-42(44)51(43-18-6-8-20-45(43)52)38-27-25-35-30-37(26-24-36(35)31-38)47-32-48-53-40-16-4-2-13-34(40)28-29-50(53)58-55(48)56-54(47)46-21-9-10-23-49(46)57-56/h1-32H. The topological polar surface area (TPSA) is 26.3 Å². The first-order chi connectivity index (χ1) is 28.8. The van der Waals surface area contributed by atoms with Crippen LogP contribution in [0.5, 0.6) is 0 Å². The van der Waals surface area contributed by atoms with Crippen molar-refractivity contribution in [2.75, 3.05) is 0 Å². The molecule has 2 aromatic heterocycles. The molecule has 13 aromatic rings. The summed E-state index contributed by atoms with van der Waals surface area (Å²) in [7, 11) is 0. The van der Waals surface area contributed by atoms with Crippen molar-refractivity contribution in [1.29, 1.82) is 0 Å². The maximum atomic E-state index is 6.66. The van der Waals surface area contributed by atoms with Crippen LogP contribution in [0.4, 0.5) is 0 Å². The van der Waals surface area contributed by atoms with Gasteiger partial charge in [0.15, 0.2) is 11.2 Å². The summed E-state index contributed by atoms with van der Waals surface area (Å²) in [5.74, 6) is 0. The molecule has 0 unspecified atom stereocenters.